The Hall–Kier alpha value is -2.74. The summed E-state index contributed by atoms with van der Waals surface area (Å²) in [6.07, 6.45) is -3.22. The van der Waals surface area contributed by atoms with Crippen LogP contribution in [0.3, 0.4) is 0 Å². The first-order valence-electron chi connectivity index (χ1n) is 9.72. The molecule has 5 nitrogen and oxygen atoms in total. The second kappa shape index (κ2) is 9.38. The summed E-state index contributed by atoms with van der Waals surface area (Å²) in [5, 5.41) is 0. The number of fused-ring (bicyclic) bond motifs is 1. The molecule has 0 unspecified atom stereocenters. The average molecular weight is 422 g/mol. The number of ether oxygens (including phenoxy) is 3. The van der Waals surface area contributed by atoms with Crippen LogP contribution in [0.25, 0.3) is 11.0 Å². The Morgan fingerprint density at radius 3 is 2.43 bits per heavy atom. The minimum atomic E-state index is -4.41. The molecule has 0 aliphatic carbocycles. The molecule has 1 heterocycles. The van der Waals surface area contributed by atoms with Gasteiger partial charge in [0, 0.05) is 26.2 Å². The summed E-state index contributed by atoms with van der Waals surface area (Å²) in [6, 6.07) is 9.24. The summed E-state index contributed by atoms with van der Waals surface area (Å²) in [5.74, 6) is 1.89. The zero-order valence-corrected chi connectivity index (χ0v) is 17.3. The average Bonchev–Trinajstić information content (AvgIpc) is 3.06. The number of aryl methyl sites for hydroxylation is 1. The number of hydrogen-bond acceptors (Lipinski definition) is 4. The van der Waals surface area contributed by atoms with Gasteiger partial charge in [-0.25, -0.2) is 4.98 Å². The minimum Gasteiger partial charge on any atom is -0.493 e. The van der Waals surface area contributed by atoms with Crippen LogP contribution in [0.1, 0.15) is 30.3 Å². The number of imidazole rings is 1. The van der Waals surface area contributed by atoms with Gasteiger partial charge in [-0.1, -0.05) is 6.07 Å². The predicted octanol–water partition coefficient (Wildman–Crippen LogP) is 5.09. The lowest BCUT2D eigenvalue weighted by molar-refractivity contribution is -0.137. The number of nitrogens with zero attached hydrogens (tertiary/aromatic N) is 2. The van der Waals surface area contributed by atoms with E-state index in [0.29, 0.717) is 54.5 Å². The number of rotatable bonds is 9. The molecular weight excluding hydrogens is 397 g/mol. The number of methoxy groups -OCH3 is 2. The molecule has 0 saturated heterocycles. The van der Waals surface area contributed by atoms with Crippen molar-refractivity contribution in [1.29, 1.82) is 0 Å². The zero-order valence-electron chi connectivity index (χ0n) is 17.3. The number of alkyl halides is 3. The van der Waals surface area contributed by atoms with Crippen LogP contribution in [0.5, 0.6) is 11.5 Å². The van der Waals surface area contributed by atoms with Crippen molar-refractivity contribution in [3.8, 4) is 11.5 Å². The molecule has 0 amide bonds. The van der Waals surface area contributed by atoms with Crippen LogP contribution in [0.2, 0.25) is 0 Å². The molecule has 0 fully saturated rings. The van der Waals surface area contributed by atoms with Crippen LogP contribution >= 0.6 is 0 Å². The van der Waals surface area contributed by atoms with Gasteiger partial charge in [-0.15, -0.1) is 0 Å². The van der Waals surface area contributed by atoms with E-state index in [9.17, 15) is 13.2 Å². The third kappa shape index (κ3) is 4.87. The standard InChI is InChI=1S/C22H25F3N2O3/c1-4-30-11-5-10-27-18-8-7-16(22(23,24)25)14-17(18)26-21(27)13-15-6-9-19(28-2)20(12-15)29-3/h6-9,12,14H,4-5,10-11,13H2,1-3H3. The normalized spacial score (nSPS) is 11.8. The van der Waals surface area contributed by atoms with Gasteiger partial charge in [0.05, 0.1) is 30.8 Å². The van der Waals surface area contributed by atoms with E-state index in [1.54, 1.807) is 20.3 Å². The Kier molecular flexibility index (Phi) is 6.87. The quantitative estimate of drug-likeness (QED) is 0.451. The van der Waals surface area contributed by atoms with Crippen LogP contribution in [0.15, 0.2) is 36.4 Å². The minimum absolute atomic E-state index is 0.330. The van der Waals surface area contributed by atoms with E-state index in [-0.39, 0.29) is 0 Å². The fourth-order valence-electron chi connectivity index (χ4n) is 3.38. The SMILES string of the molecule is CCOCCCn1c(Cc2ccc(OC)c(OC)c2)nc2cc(C(F)(F)F)ccc21. The Morgan fingerprint density at radius 2 is 1.77 bits per heavy atom. The molecule has 0 saturated carbocycles. The second-order valence-corrected chi connectivity index (χ2v) is 6.80. The van der Waals surface area contributed by atoms with Crippen LogP contribution in [-0.4, -0.2) is 37.0 Å². The van der Waals surface area contributed by atoms with Crippen molar-refractivity contribution >= 4 is 11.0 Å². The smallest absolute Gasteiger partial charge is 0.416 e. The number of benzene rings is 2. The van der Waals surface area contributed by atoms with E-state index < -0.39 is 11.7 Å². The zero-order chi connectivity index (χ0) is 21.7. The third-order valence-corrected chi connectivity index (χ3v) is 4.84. The molecule has 1 aromatic heterocycles. The lowest BCUT2D eigenvalue weighted by Crippen LogP contribution is -2.08. The van der Waals surface area contributed by atoms with Crippen LogP contribution in [0, 0.1) is 0 Å². The predicted molar refractivity (Wildman–Crippen MR) is 108 cm³/mol. The van der Waals surface area contributed by atoms with Crippen LogP contribution in [0.4, 0.5) is 13.2 Å². The van der Waals surface area contributed by atoms with E-state index in [0.717, 1.165) is 24.1 Å². The second-order valence-electron chi connectivity index (χ2n) is 6.80. The summed E-state index contributed by atoms with van der Waals surface area (Å²) < 4.78 is 57.4. The van der Waals surface area contributed by atoms with Crippen molar-refractivity contribution in [2.24, 2.45) is 0 Å². The molecule has 0 spiro atoms. The van der Waals surface area contributed by atoms with Gasteiger partial charge in [0.15, 0.2) is 11.5 Å². The van der Waals surface area contributed by atoms with Crippen molar-refractivity contribution in [3.63, 3.8) is 0 Å². The van der Waals surface area contributed by atoms with Gasteiger partial charge >= 0.3 is 6.18 Å². The van der Waals surface area contributed by atoms with Crippen molar-refractivity contribution < 1.29 is 27.4 Å². The maximum atomic E-state index is 13.1. The van der Waals surface area contributed by atoms with Gasteiger partial charge in [0.1, 0.15) is 5.82 Å². The molecular formula is C22H25F3N2O3. The molecule has 30 heavy (non-hydrogen) atoms. The fraction of sp³-hybridized carbons (Fsp3) is 0.409. The fourth-order valence-corrected chi connectivity index (χ4v) is 3.38. The molecule has 8 heteroatoms. The maximum absolute atomic E-state index is 13.1. The van der Waals surface area contributed by atoms with Gasteiger partial charge in [-0.2, -0.15) is 13.2 Å². The summed E-state index contributed by atoms with van der Waals surface area (Å²) >= 11 is 0. The molecule has 0 radical (unpaired) electrons. The first-order valence-corrected chi connectivity index (χ1v) is 9.72. The highest BCUT2D eigenvalue weighted by Gasteiger charge is 2.31. The van der Waals surface area contributed by atoms with E-state index in [1.165, 1.54) is 6.07 Å². The Morgan fingerprint density at radius 1 is 1.00 bits per heavy atom. The monoisotopic (exact) mass is 422 g/mol. The largest absolute Gasteiger partial charge is 0.493 e. The summed E-state index contributed by atoms with van der Waals surface area (Å²) in [6.45, 7) is 3.73. The number of aromatic nitrogens is 2. The van der Waals surface area contributed by atoms with Crippen LogP contribution in [-0.2, 0) is 23.9 Å². The molecule has 0 bridgehead atoms. The third-order valence-electron chi connectivity index (χ3n) is 4.84. The van der Waals surface area contributed by atoms with Gasteiger partial charge < -0.3 is 18.8 Å². The van der Waals surface area contributed by atoms with E-state index in [1.807, 2.05) is 23.6 Å². The van der Waals surface area contributed by atoms with Crippen molar-refractivity contribution in [2.45, 2.75) is 32.5 Å². The topological polar surface area (TPSA) is 45.5 Å². The Balaban J connectivity index is 1.98. The highest BCUT2D eigenvalue weighted by atomic mass is 19.4. The maximum Gasteiger partial charge on any atom is 0.416 e. The number of hydrogen-bond donors (Lipinski definition) is 0. The molecule has 2 aromatic carbocycles. The molecule has 3 aromatic rings. The van der Waals surface area contributed by atoms with Crippen molar-refractivity contribution in [3.05, 3.63) is 53.3 Å². The lowest BCUT2D eigenvalue weighted by Gasteiger charge is -2.12. The van der Waals surface area contributed by atoms with Crippen molar-refractivity contribution in [2.75, 3.05) is 27.4 Å². The van der Waals surface area contributed by atoms with E-state index in [4.69, 9.17) is 14.2 Å². The first kappa shape index (κ1) is 22.0. The molecule has 162 valence electrons. The van der Waals surface area contributed by atoms with Gasteiger partial charge in [-0.05, 0) is 49.2 Å². The molecule has 3 rings (SSSR count). The Bertz CT molecular complexity index is 999. The van der Waals surface area contributed by atoms with Gasteiger partial charge in [0.2, 0.25) is 0 Å². The van der Waals surface area contributed by atoms with Crippen LogP contribution < -0.4 is 9.47 Å². The van der Waals surface area contributed by atoms with E-state index >= 15 is 0 Å². The van der Waals surface area contributed by atoms with Crippen molar-refractivity contribution in [1.82, 2.24) is 9.55 Å². The van der Waals surface area contributed by atoms with Gasteiger partial charge in [0.25, 0.3) is 0 Å². The molecule has 0 atom stereocenters. The summed E-state index contributed by atoms with van der Waals surface area (Å²) in [5.41, 5.74) is 1.23. The molecule has 0 aliphatic rings. The first-order chi connectivity index (χ1) is 14.4. The highest BCUT2D eigenvalue weighted by Crippen LogP contribution is 2.32. The lowest BCUT2D eigenvalue weighted by atomic mass is 10.1. The van der Waals surface area contributed by atoms with Gasteiger partial charge in [-0.3, -0.25) is 0 Å². The summed E-state index contributed by atoms with van der Waals surface area (Å²) in [4.78, 5) is 4.53. The highest BCUT2D eigenvalue weighted by molar-refractivity contribution is 5.77. The molecule has 0 aliphatic heterocycles. The number of halogens is 3. The summed E-state index contributed by atoms with van der Waals surface area (Å²) in [7, 11) is 3.12. The molecule has 0 N–H and O–H groups in total. The van der Waals surface area contributed by atoms with E-state index in [2.05, 4.69) is 4.98 Å². The Labute approximate surface area is 173 Å².